The molecule has 0 bridgehead atoms. The summed E-state index contributed by atoms with van der Waals surface area (Å²) in [4.78, 5) is 0. The van der Waals surface area contributed by atoms with Gasteiger partial charge in [0.1, 0.15) is 12.4 Å². The predicted octanol–water partition coefficient (Wildman–Crippen LogP) is 2.84. The van der Waals surface area contributed by atoms with Gasteiger partial charge >= 0.3 is 0 Å². The fraction of sp³-hybridized carbons (Fsp3) is 0.333. The van der Waals surface area contributed by atoms with Gasteiger partial charge in [0.2, 0.25) is 0 Å². The summed E-state index contributed by atoms with van der Waals surface area (Å²) in [7, 11) is 0. The molecule has 3 heteroatoms. The van der Waals surface area contributed by atoms with Gasteiger partial charge in [-0.3, -0.25) is 0 Å². The minimum absolute atomic E-state index is 0.166. The Hall–Kier alpha value is -1.84. The van der Waals surface area contributed by atoms with Gasteiger partial charge < -0.3 is 15.6 Å². The minimum atomic E-state index is -0.897. The normalized spacial score (nSPS) is 13.8. The van der Waals surface area contributed by atoms with Crippen molar-refractivity contribution in [2.75, 3.05) is 13.2 Å². The Bertz CT molecular complexity index is 610. The van der Waals surface area contributed by atoms with Crippen LogP contribution in [-0.4, -0.2) is 18.3 Å². The number of nitrogens with two attached hydrogens (primary N) is 1. The average molecular weight is 285 g/mol. The third kappa shape index (κ3) is 3.43. The number of ether oxygens (including phenoxy) is 1. The molecule has 0 fully saturated rings. The molecule has 2 aromatic carbocycles. The number of aliphatic hydroxyl groups is 1. The number of benzene rings is 2. The van der Waals surface area contributed by atoms with E-state index in [0.29, 0.717) is 0 Å². The number of aliphatic hydroxyl groups excluding tert-OH is 1. The summed E-state index contributed by atoms with van der Waals surface area (Å²) in [5.41, 5.74) is 9.74. The molecule has 0 heterocycles. The lowest BCUT2D eigenvalue weighted by molar-refractivity contribution is 0.132. The third-order valence-electron chi connectivity index (χ3n) is 3.88. The summed E-state index contributed by atoms with van der Waals surface area (Å²) in [6.45, 7) is 6.20. The molecule has 1 unspecified atom stereocenters. The molecule has 3 N–H and O–H groups in total. The van der Waals surface area contributed by atoms with Gasteiger partial charge in [-0.05, 0) is 49.1 Å². The predicted molar refractivity (Wildman–Crippen MR) is 85.5 cm³/mol. The first-order valence-electron chi connectivity index (χ1n) is 7.12. The molecular formula is C18H23NO2. The van der Waals surface area contributed by atoms with E-state index in [2.05, 4.69) is 13.0 Å². The van der Waals surface area contributed by atoms with E-state index >= 15 is 0 Å². The molecule has 0 saturated heterocycles. The molecule has 0 saturated carbocycles. The van der Waals surface area contributed by atoms with Crippen molar-refractivity contribution in [3.05, 3.63) is 64.7 Å². The highest BCUT2D eigenvalue weighted by molar-refractivity contribution is 5.42. The summed E-state index contributed by atoms with van der Waals surface area (Å²) in [5, 5.41) is 9.69. The lowest BCUT2D eigenvalue weighted by Gasteiger charge is -2.28. The van der Waals surface area contributed by atoms with Gasteiger partial charge in [-0.25, -0.2) is 0 Å². The van der Waals surface area contributed by atoms with Gasteiger partial charge in [-0.2, -0.15) is 0 Å². The lowest BCUT2D eigenvalue weighted by Crippen LogP contribution is -2.46. The topological polar surface area (TPSA) is 55.5 Å². The number of hydrogen-bond donors (Lipinski definition) is 2. The molecule has 3 nitrogen and oxygen atoms in total. The maximum absolute atomic E-state index is 9.69. The highest BCUT2D eigenvalue weighted by Gasteiger charge is 2.27. The van der Waals surface area contributed by atoms with E-state index in [9.17, 15) is 5.11 Å². The lowest BCUT2D eigenvalue weighted by atomic mass is 9.93. The van der Waals surface area contributed by atoms with Crippen LogP contribution in [0.5, 0.6) is 5.75 Å². The van der Waals surface area contributed by atoms with Crippen LogP contribution in [-0.2, 0) is 5.54 Å². The van der Waals surface area contributed by atoms with E-state index < -0.39 is 5.54 Å². The van der Waals surface area contributed by atoms with E-state index in [1.165, 1.54) is 5.56 Å². The molecule has 0 radical (unpaired) electrons. The zero-order valence-corrected chi connectivity index (χ0v) is 12.9. The Morgan fingerprint density at radius 3 is 2.38 bits per heavy atom. The van der Waals surface area contributed by atoms with Crippen molar-refractivity contribution in [3.63, 3.8) is 0 Å². The van der Waals surface area contributed by atoms with Crippen LogP contribution in [0.15, 0.2) is 42.5 Å². The van der Waals surface area contributed by atoms with Crippen LogP contribution in [0.2, 0.25) is 0 Å². The average Bonchev–Trinajstić information content (AvgIpc) is 2.50. The minimum Gasteiger partial charge on any atom is -0.491 e. The second-order valence-electron chi connectivity index (χ2n) is 5.67. The SMILES string of the molecule is Cc1cc(C)c(C)c(OCC(N)(CO)c2ccccc2)c1. The fourth-order valence-electron chi connectivity index (χ4n) is 2.35. The van der Waals surface area contributed by atoms with Crippen LogP contribution in [0.3, 0.4) is 0 Å². The van der Waals surface area contributed by atoms with E-state index in [1.807, 2.05) is 50.2 Å². The zero-order valence-electron chi connectivity index (χ0n) is 12.9. The molecule has 0 aromatic heterocycles. The Kier molecular flexibility index (Phi) is 4.66. The van der Waals surface area contributed by atoms with Gasteiger partial charge in [-0.15, -0.1) is 0 Å². The van der Waals surface area contributed by atoms with Gasteiger partial charge in [-0.1, -0.05) is 36.4 Å². The Morgan fingerprint density at radius 2 is 1.76 bits per heavy atom. The van der Waals surface area contributed by atoms with Crippen LogP contribution in [0, 0.1) is 20.8 Å². The Morgan fingerprint density at radius 1 is 1.10 bits per heavy atom. The summed E-state index contributed by atoms with van der Waals surface area (Å²) < 4.78 is 5.92. The summed E-state index contributed by atoms with van der Waals surface area (Å²) >= 11 is 0. The molecule has 2 rings (SSSR count). The van der Waals surface area contributed by atoms with Crippen molar-refractivity contribution in [2.24, 2.45) is 5.73 Å². The molecule has 21 heavy (non-hydrogen) atoms. The fourth-order valence-corrected chi connectivity index (χ4v) is 2.35. The quantitative estimate of drug-likeness (QED) is 0.888. The molecule has 2 aromatic rings. The van der Waals surface area contributed by atoms with E-state index in [-0.39, 0.29) is 13.2 Å². The van der Waals surface area contributed by atoms with Crippen LogP contribution in [0.4, 0.5) is 0 Å². The highest BCUT2D eigenvalue weighted by atomic mass is 16.5. The monoisotopic (exact) mass is 285 g/mol. The van der Waals surface area contributed by atoms with Gasteiger partial charge in [0.25, 0.3) is 0 Å². The molecule has 0 amide bonds. The van der Waals surface area contributed by atoms with E-state index in [4.69, 9.17) is 10.5 Å². The van der Waals surface area contributed by atoms with Crippen LogP contribution in [0.25, 0.3) is 0 Å². The highest BCUT2D eigenvalue weighted by Crippen LogP contribution is 2.26. The van der Waals surface area contributed by atoms with E-state index in [0.717, 1.165) is 22.4 Å². The third-order valence-corrected chi connectivity index (χ3v) is 3.88. The van der Waals surface area contributed by atoms with Crippen molar-refractivity contribution in [2.45, 2.75) is 26.3 Å². The Balaban J connectivity index is 2.21. The van der Waals surface area contributed by atoms with Crippen molar-refractivity contribution in [3.8, 4) is 5.75 Å². The number of rotatable bonds is 5. The van der Waals surface area contributed by atoms with Crippen LogP contribution in [0.1, 0.15) is 22.3 Å². The van der Waals surface area contributed by atoms with Crippen LogP contribution < -0.4 is 10.5 Å². The summed E-state index contributed by atoms with van der Waals surface area (Å²) in [6, 6.07) is 13.7. The second-order valence-corrected chi connectivity index (χ2v) is 5.67. The largest absolute Gasteiger partial charge is 0.491 e. The van der Waals surface area contributed by atoms with E-state index in [1.54, 1.807) is 0 Å². The molecule has 112 valence electrons. The molecule has 0 spiro atoms. The standard InChI is InChI=1S/C18H23NO2/c1-13-9-14(2)15(3)17(10-13)21-12-18(19,11-20)16-7-5-4-6-8-16/h4-10,20H,11-12,19H2,1-3H3. The summed E-state index contributed by atoms with van der Waals surface area (Å²) in [5.74, 6) is 0.826. The molecule has 0 aliphatic carbocycles. The van der Waals surface area contributed by atoms with Gasteiger partial charge in [0, 0.05) is 0 Å². The number of aryl methyl sites for hydroxylation is 2. The summed E-state index contributed by atoms with van der Waals surface area (Å²) in [6.07, 6.45) is 0. The molecule has 1 atom stereocenters. The first-order valence-corrected chi connectivity index (χ1v) is 7.12. The van der Waals surface area contributed by atoms with Gasteiger partial charge in [0.05, 0.1) is 12.1 Å². The zero-order chi connectivity index (χ0) is 15.5. The molecule has 0 aliphatic heterocycles. The van der Waals surface area contributed by atoms with Crippen molar-refractivity contribution in [1.82, 2.24) is 0 Å². The molecular weight excluding hydrogens is 262 g/mol. The second kappa shape index (κ2) is 6.29. The van der Waals surface area contributed by atoms with Crippen molar-refractivity contribution < 1.29 is 9.84 Å². The molecule has 0 aliphatic rings. The van der Waals surface area contributed by atoms with Crippen molar-refractivity contribution in [1.29, 1.82) is 0 Å². The number of hydrogen-bond acceptors (Lipinski definition) is 3. The maximum Gasteiger partial charge on any atom is 0.122 e. The first-order chi connectivity index (χ1) is 9.96. The smallest absolute Gasteiger partial charge is 0.122 e. The van der Waals surface area contributed by atoms with Crippen LogP contribution >= 0.6 is 0 Å². The Labute approximate surface area is 126 Å². The van der Waals surface area contributed by atoms with Gasteiger partial charge in [0.15, 0.2) is 0 Å². The first kappa shape index (κ1) is 15.5. The van der Waals surface area contributed by atoms with Crippen molar-refractivity contribution >= 4 is 0 Å². The maximum atomic E-state index is 9.69.